The summed E-state index contributed by atoms with van der Waals surface area (Å²) < 4.78 is 11.9. The third-order valence-electron chi connectivity index (χ3n) is 3.53. The average molecular weight is 401 g/mol. The third-order valence-corrected chi connectivity index (χ3v) is 4.02. The minimum Gasteiger partial charge on any atom is -0.488 e. The minimum absolute atomic E-state index is 0.314. The first-order valence-electron chi connectivity index (χ1n) is 7.86. The van der Waals surface area contributed by atoms with Gasteiger partial charge in [-0.05, 0) is 36.8 Å². The van der Waals surface area contributed by atoms with E-state index >= 15 is 0 Å². The Kier molecular flexibility index (Phi) is 5.50. The molecule has 0 saturated heterocycles. The molecule has 6 heteroatoms. The summed E-state index contributed by atoms with van der Waals surface area (Å²) in [6, 6.07) is 17.3. The first kappa shape index (κ1) is 17.2. The molecule has 5 nitrogen and oxygen atoms in total. The standard InChI is InChI=1S/C19H17BrN2O3/c1-2-24-19(23)17-11-16(21-22-17)15-9-8-14(20)10-18(15)25-12-13-6-4-3-5-7-13/h3-11H,2,12H2,1H3,(H,21,22). The summed E-state index contributed by atoms with van der Waals surface area (Å²) >= 11 is 3.46. The second-order valence-corrected chi connectivity index (χ2v) is 6.22. The molecular formula is C19H17BrN2O3. The number of halogens is 1. The molecule has 0 atom stereocenters. The number of ether oxygens (including phenoxy) is 2. The highest BCUT2D eigenvalue weighted by atomic mass is 79.9. The van der Waals surface area contributed by atoms with Crippen LogP contribution >= 0.6 is 15.9 Å². The van der Waals surface area contributed by atoms with E-state index in [2.05, 4.69) is 26.1 Å². The zero-order chi connectivity index (χ0) is 17.6. The van der Waals surface area contributed by atoms with Crippen molar-refractivity contribution in [3.05, 3.63) is 70.3 Å². The largest absolute Gasteiger partial charge is 0.488 e. The molecule has 0 bridgehead atoms. The summed E-state index contributed by atoms with van der Waals surface area (Å²) in [6.45, 7) is 2.52. The molecule has 0 fully saturated rings. The number of esters is 1. The zero-order valence-corrected chi connectivity index (χ0v) is 15.2. The molecule has 25 heavy (non-hydrogen) atoms. The highest BCUT2D eigenvalue weighted by Crippen LogP contribution is 2.32. The first-order chi connectivity index (χ1) is 12.2. The second kappa shape index (κ2) is 7.98. The van der Waals surface area contributed by atoms with Crippen LogP contribution in [0, 0.1) is 0 Å². The number of hydrogen-bond donors (Lipinski definition) is 1. The van der Waals surface area contributed by atoms with E-state index in [1.807, 2.05) is 48.5 Å². The maximum absolute atomic E-state index is 11.8. The lowest BCUT2D eigenvalue weighted by atomic mass is 10.1. The van der Waals surface area contributed by atoms with E-state index in [-0.39, 0.29) is 0 Å². The predicted octanol–water partition coefficient (Wildman–Crippen LogP) is 4.59. The van der Waals surface area contributed by atoms with Gasteiger partial charge >= 0.3 is 5.97 Å². The Labute approximate surface area is 154 Å². The molecule has 128 valence electrons. The number of carbonyl (C=O) groups is 1. The minimum atomic E-state index is -0.426. The topological polar surface area (TPSA) is 64.2 Å². The van der Waals surface area contributed by atoms with Crippen molar-refractivity contribution < 1.29 is 14.3 Å². The molecule has 0 amide bonds. The molecule has 2 aromatic carbocycles. The van der Waals surface area contributed by atoms with Gasteiger partial charge in [0.2, 0.25) is 0 Å². The average Bonchev–Trinajstić information content (AvgIpc) is 3.11. The Morgan fingerprint density at radius 1 is 1.16 bits per heavy atom. The van der Waals surface area contributed by atoms with E-state index < -0.39 is 5.97 Å². The van der Waals surface area contributed by atoms with Crippen molar-refractivity contribution in [2.75, 3.05) is 6.61 Å². The fraction of sp³-hybridized carbons (Fsp3) is 0.158. The van der Waals surface area contributed by atoms with Crippen molar-refractivity contribution in [1.82, 2.24) is 10.2 Å². The fourth-order valence-electron chi connectivity index (χ4n) is 2.34. The van der Waals surface area contributed by atoms with E-state index in [4.69, 9.17) is 9.47 Å². The van der Waals surface area contributed by atoms with Gasteiger partial charge in [0, 0.05) is 10.0 Å². The van der Waals surface area contributed by atoms with Gasteiger partial charge in [0.15, 0.2) is 0 Å². The van der Waals surface area contributed by atoms with Gasteiger partial charge in [0.05, 0.1) is 12.3 Å². The van der Waals surface area contributed by atoms with Gasteiger partial charge in [-0.15, -0.1) is 0 Å². The normalized spacial score (nSPS) is 10.5. The number of aromatic nitrogens is 2. The van der Waals surface area contributed by atoms with Gasteiger partial charge in [-0.25, -0.2) is 4.79 Å². The lowest BCUT2D eigenvalue weighted by Crippen LogP contribution is -2.04. The molecule has 0 aliphatic heterocycles. The molecule has 1 heterocycles. The van der Waals surface area contributed by atoms with Gasteiger partial charge in [0.1, 0.15) is 18.1 Å². The number of nitrogens with one attached hydrogen (secondary N) is 1. The van der Waals surface area contributed by atoms with Gasteiger partial charge < -0.3 is 9.47 Å². The highest BCUT2D eigenvalue weighted by Gasteiger charge is 2.15. The van der Waals surface area contributed by atoms with E-state index in [1.165, 1.54) is 0 Å². The molecule has 1 aromatic heterocycles. The molecule has 0 aliphatic rings. The van der Waals surface area contributed by atoms with Gasteiger partial charge in [-0.2, -0.15) is 5.10 Å². The van der Waals surface area contributed by atoms with Crippen LogP contribution in [0.4, 0.5) is 0 Å². The van der Waals surface area contributed by atoms with Crippen LogP contribution in [-0.2, 0) is 11.3 Å². The van der Waals surface area contributed by atoms with Gasteiger partial charge in [0.25, 0.3) is 0 Å². The maximum atomic E-state index is 11.8. The molecule has 0 saturated carbocycles. The van der Waals surface area contributed by atoms with Crippen molar-refractivity contribution in [3.8, 4) is 17.0 Å². The Balaban J connectivity index is 1.85. The molecule has 0 spiro atoms. The van der Waals surface area contributed by atoms with Crippen LogP contribution in [0.2, 0.25) is 0 Å². The number of nitrogens with zero attached hydrogens (tertiary/aromatic N) is 1. The highest BCUT2D eigenvalue weighted by molar-refractivity contribution is 9.10. The Bertz CT molecular complexity index is 862. The molecule has 0 aliphatic carbocycles. The van der Waals surface area contributed by atoms with Crippen LogP contribution in [0.25, 0.3) is 11.3 Å². The molecule has 1 N–H and O–H groups in total. The lowest BCUT2D eigenvalue weighted by Gasteiger charge is -2.11. The number of H-pyrrole nitrogens is 1. The first-order valence-corrected chi connectivity index (χ1v) is 8.66. The monoisotopic (exact) mass is 400 g/mol. The van der Waals surface area contributed by atoms with Crippen LogP contribution in [0.15, 0.2) is 59.1 Å². The van der Waals surface area contributed by atoms with E-state index in [0.29, 0.717) is 30.4 Å². The van der Waals surface area contributed by atoms with Gasteiger partial charge in [-0.1, -0.05) is 46.3 Å². The van der Waals surface area contributed by atoms with Crippen molar-refractivity contribution in [2.24, 2.45) is 0 Å². The van der Waals surface area contributed by atoms with Crippen molar-refractivity contribution >= 4 is 21.9 Å². The number of benzene rings is 2. The summed E-state index contributed by atoms with van der Waals surface area (Å²) in [6.07, 6.45) is 0. The van der Waals surface area contributed by atoms with Crippen LogP contribution in [0.5, 0.6) is 5.75 Å². The molecular weight excluding hydrogens is 384 g/mol. The van der Waals surface area contributed by atoms with Crippen molar-refractivity contribution in [3.63, 3.8) is 0 Å². The van der Waals surface area contributed by atoms with Crippen LogP contribution in [0.3, 0.4) is 0 Å². The Morgan fingerprint density at radius 2 is 1.96 bits per heavy atom. The van der Waals surface area contributed by atoms with Crippen molar-refractivity contribution in [2.45, 2.75) is 13.5 Å². The van der Waals surface area contributed by atoms with Crippen LogP contribution in [0.1, 0.15) is 23.0 Å². The molecule has 0 radical (unpaired) electrons. The third kappa shape index (κ3) is 4.28. The SMILES string of the molecule is CCOC(=O)c1cc(-c2ccc(Br)cc2OCc2ccccc2)n[nH]1. The lowest BCUT2D eigenvalue weighted by molar-refractivity contribution is 0.0519. The number of aromatic amines is 1. The van der Waals surface area contributed by atoms with Crippen molar-refractivity contribution in [1.29, 1.82) is 0 Å². The zero-order valence-electron chi connectivity index (χ0n) is 13.7. The summed E-state index contributed by atoms with van der Waals surface area (Å²) in [5.74, 6) is 0.255. The molecule has 3 aromatic rings. The number of rotatable bonds is 6. The Morgan fingerprint density at radius 3 is 2.72 bits per heavy atom. The van der Waals surface area contributed by atoms with Crippen LogP contribution in [-0.4, -0.2) is 22.8 Å². The summed E-state index contributed by atoms with van der Waals surface area (Å²) in [4.78, 5) is 11.8. The summed E-state index contributed by atoms with van der Waals surface area (Å²) in [5.41, 5.74) is 2.81. The maximum Gasteiger partial charge on any atom is 0.356 e. The van der Waals surface area contributed by atoms with E-state index in [0.717, 1.165) is 15.6 Å². The van der Waals surface area contributed by atoms with E-state index in [9.17, 15) is 4.79 Å². The Hall–Kier alpha value is -2.60. The summed E-state index contributed by atoms with van der Waals surface area (Å²) in [7, 11) is 0. The smallest absolute Gasteiger partial charge is 0.356 e. The number of carbonyl (C=O) groups excluding carboxylic acids is 1. The molecule has 0 unspecified atom stereocenters. The quantitative estimate of drug-likeness (QED) is 0.614. The molecule has 3 rings (SSSR count). The number of hydrogen-bond acceptors (Lipinski definition) is 4. The fourth-order valence-corrected chi connectivity index (χ4v) is 2.68. The van der Waals surface area contributed by atoms with E-state index in [1.54, 1.807) is 13.0 Å². The summed E-state index contributed by atoms with van der Waals surface area (Å²) in [5, 5.41) is 6.93. The second-order valence-electron chi connectivity index (χ2n) is 5.30. The van der Waals surface area contributed by atoms with Crippen LogP contribution < -0.4 is 4.74 Å². The predicted molar refractivity (Wildman–Crippen MR) is 98.5 cm³/mol. The van der Waals surface area contributed by atoms with Gasteiger partial charge in [-0.3, -0.25) is 5.10 Å².